The van der Waals surface area contributed by atoms with Gasteiger partial charge in [0.25, 0.3) is 10.0 Å². The molecule has 1 aliphatic rings. The van der Waals surface area contributed by atoms with Crippen molar-refractivity contribution in [2.24, 2.45) is 0 Å². The van der Waals surface area contributed by atoms with E-state index in [9.17, 15) is 18.0 Å². The van der Waals surface area contributed by atoms with E-state index in [1.165, 1.54) is 13.0 Å². The van der Waals surface area contributed by atoms with Crippen LogP contribution in [0.4, 0.5) is 17.1 Å². The van der Waals surface area contributed by atoms with Gasteiger partial charge in [-0.25, -0.2) is 8.42 Å². The van der Waals surface area contributed by atoms with E-state index in [1.54, 1.807) is 48.2 Å². The van der Waals surface area contributed by atoms with Gasteiger partial charge in [-0.05, 0) is 48.4 Å². The molecule has 0 fully saturated rings. The van der Waals surface area contributed by atoms with Crippen LogP contribution in [0.2, 0.25) is 0 Å². The van der Waals surface area contributed by atoms with Gasteiger partial charge in [0.05, 0.1) is 10.6 Å². The molecule has 0 atom stereocenters. The summed E-state index contributed by atoms with van der Waals surface area (Å²) in [6.07, 6.45) is 1.04. The molecule has 142 valence electrons. The number of hydrogen-bond acceptors (Lipinski definition) is 4. The number of benzene rings is 2. The molecule has 8 heteroatoms. The minimum Gasteiger partial charge on any atom is -0.326 e. The van der Waals surface area contributed by atoms with E-state index in [1.807, 2.05) is 0 Å². The Morgan fingerprint density at radius 2 is 1.85 bits per heavy atom. The molecule has 0 spiro atoms. The molecule has 0 radical (unpaired) electrons. The minimum absolute atomic E-state index is 0.0252. The van der Waals surface area contributed by atoms with Gasteiger partial charge < -0.3 is 10.2 Å². The average molecular weight is 387 g/mol. The van der Waals surface area contributed by atoms with Crippen LogP contribution in [0.3, 0.4) is 0 Å². The van der Waals surface area contributed by atoms with Gasteiger partial charge in [-0.2, -0.15) is 0 Å². The SMILES string of the molecule is CCC(=O)N1CCc2cc(S(=O)(=O)Nc3cccc(NC(C)=O)c3)ccc21. The summed E-state index contributed by atoms with van der Waals surface area (Å²) in [5.74, 6) is -0.211. The Balaban J connectivity index is 1.84. The van der Waals surface area contributed by atoms with Crippen LogP contribution in [0.1, 0.15) is 25.8 Å². The first-order valence-corrected chi connectivity index (χ1v) is 10.1. The molecular formula is C19H21N3O4S. The lowest BCUT2D eigenvalue weighted by atomic mass is 10.2. The van der Waals surface area contributed by atoms with E-state index in [0.29, 0.717) is 30.8 Å². The minimum atomic E-state index is -3.79. The van der Waals surface area contributed by atoms with Crippen molar-refractivity contribution >= 4 is 38.9 Å². The molecule has 2 aromatic carbocycles. The molecule has 0 aliphatic carbocycles. The highest BCUT2D eigenvalue weighted by atomic mass is 32.2. The number of anilines is 3. The number of nitrogens with one attached hydrogen (secondary N) is 2. The molecular weight excluding hydrogens is 366 g/mol. The van der Waals surface area contributed by atoms with Crippen LogP contribution >= 0.6 is 0 Å². The Bertz CT molecular complexity index is 1000. The van der Waals surface area contributed by atoms with E-state index in [2.05, 4.69) is 10.0 Å². The van der Waals surface area contributed by atoms with Gasteiger partial charge in [0.15, 0.2) is 0 Å². The maximum Gasteiger partial charge on any atom is 0.261 e. The zero-order valence-corrected chi connectivity index (χ0v) is 16.0. The highest BCUT2D eigenvalue weighted by Gasteiger charge is 2.25. The fraction of sp³-hybridized carbons (Fsp3) is 0.263. The molecule has 1 heterocycles. The lowest BCUT2D eigenvalue weighted by Gasteiger charge is -2.16. The number of rotatable bonds is 5. The summed E-state index contributed by atoms with van der Waals surface area (Å²) in [5.41, 5.74) is 2.47. The van der Waals surface area contributed by atoms with Gasteiger partial charge in [-0.3, -0.25) is 14.3 Å². The Morgan fingerprint density at radius 1 is 1.11 bits per heavy atom. The van der Waals surface area contributed by atoms with Crippen molar-refractivity contribution < 1.29 is 18.0 Å². The van der Waals surface area contributed by atoms with Crippen LogP contribution in [0.15, 0.2) is 47.4 Å². The van der Waals surface area contributed by atoms with Gasteiger partial charge in [0.1, 0.15) is 0 Å². The van der Waals surface area contributed by atoms with Crippen LogP contribution in [0, 0.1) is 0 Å². The van der Waals surface area contributed by atoms with E-state index in [-0.39, 0.29) is 16.7 Å². The third-order valence-corrected chi connectivity index (χ3v) is 5.67. The first-order chi connectivity index (χ1) is 12.8. The second kappa shape index (κ2) is 7.40. The zero-order chi connectivity index (χ0) is 19.6. The predicted octanol–water partition coefficient (Wildman–Crippen LogP) is 2.74. The van der Waals surface area contributed by atoms with Gasteiger partial charge in [0.2, 0.25) is 11.8 Å². The summed E-state index contributed by atoms with van der Waals surface area (Å²) in [6, 6.07) is 11.3. The molecule has 0 saturated carbocycles. The Labute approximate surface area is 158 Å². The third kappa shape index (κ3) is 4.11. The molecule has 3 rings (SSSR count). The number of hydrogen-bond donors (Lipinski definition) is 2. The van der Waals surface area contributed by atoms with Crippen molar-refractivity contribution in [1.29, 1.82) is 0 Å². The second-order valence-electron chi connectivity index (χ2n) is 6.31. The topological polar surface area (TPSA) is 95.6 Å². The Hall–Kier alpha value is -2.87. The van der Waals surface area contributed by atoms with Gasteiger partial charge >= 0.3 is 0 Å². The number of carbonyl (C=O) groups is 2. The molecule has 0 saturated heterocycles. The summed E-state index contributed by atoms with van der Waals surface area (Å²) in [4.78, 5) is 25.0. The fourth-order valence-electron chi connectivity index (χ4n) is 3.07. The number of sulfonamides is 1. The first-order valence-electron chi connectivity index (χ1n) is 8.64. The summed E-state index contributed by atoms with van der Waals surface area (Å²) < 4.78 is 28.0. The Morgan fingerprint density at radius 3 is 2.56 bits per heavy atom. The number of fused-ring (bicyclic) bond motifs is 1. The smallest absolute Gasteiger partial charge is 0.261 e. The van der Waals surface area contributed by atoms with Crippen molar-refractivity contribution in [1.82, 2.24) is 0 Å². The van der Waals surface area contributed by atoms with Crippen LogP contribution < -0.4 is 14.9 Å². The fourth-order valence-corrected chi connectivity index (χ4v) is 4.17. The van der Waals surface area contributed by atoms with Gasteiger partial charge in [-0.1, -0.05) is 13.0 Å². The summed E-state index contributed by atoms with van der Waals surface area (Å²) >= 11 is 0. The largest absolute Gasteiger partial charge is 0.326 e. The number of amides is 2. The molecule has 2 aromatic rings. The van der Waals surface area contributed by atoms with Crippen molar-refractivity contribution in [2.75, 3.05) is 21.5 Å². The summed E-state index contributed by atoms with van der Waals surface area (Å²) in [5, 5.41) is 2.61. The Kier molecular flexibility index (Phi) is 5.18. The standard InChI is InChI=1S/C19H21N3O4S/c1-3-19(24)22-10-9-14-11-17(7-8-18(14)22)27(25,26)21-16-6-4-5-15(12-16)20-13(2)23/h4-8,11-12,21H,3,9-10H2,1-2H3,(H,20,23). The highest BCUT2D eigenvalue weighted by molar-refractivity contribution is 7.92. The number of carbonyl (C=O) groups excluding carboxylic acids is 2. The molecule has 2 N–H and O–H groups in total. The molecule has 0 bridgehead atoms. The predicted molar refractivity (Wildman–Crippen MR) is 104 cm³/mol. The van der Waals surface area contributed by atoms with E-state index < -0.39 is 10.0 Å². The second-order valence-corrected chi connectivity index (χ2v) is 7.99. The van der Waals surface area contributed by atoms with E-state index >= 15 is 0 Å². The van der Waals surface area contributed by atoms with Crippen LogP contribution in [0.5, 0.6) is 0 Å². The maximum absolute atomic E-state index is 12.7. The first kappa shape index (κ1) is 18.9. The molecule has 0 aromatic heterocycles. The van der Waals surface area contributed by atoms with E-state index in [0.717, 1.165) is 11.3 Å². The highest BCUT2D eigenvalue weighted by Crippen LogP contribution is 2.31. The molecule has 27 heavy (non-hydrogen) atoms. The van der Waals surface area contributed by atoms with Crippen LogP contribution in [-0.2, 0) is 26.0 Å². The van der Waals surface area contributed by atoms with Crippen molar-refractivity contribution in [3.05, 3.63) is 48.0 Å². The van der Waals surface area contributed by atoms with Crippen molar-refractivity contribution in [3.63, 3.8) is 0 Å². The molecule has 2 amide bonds. The quantitative estimate of drug-likeness (QED) is 0.825. The van der Waals surface area contributed by atoms with Gasteiger partial charge in [0, 0.05) is 31.3 Å². The molecule has 1 aliphatic heterocycles. The van der Waals surface area contributed by atoms with Crippen LogP contribution in [0.25, 0.3) is 0 Å². The van der Waals surface area contributed by atoms with Crippen molar-refractivity contribution in [2.45, 2.75) is 31.6 Å². The summed E-state index contributed by atoms with van der Waals surface area (Å²) in [6.45, 7) is 3.75. The zero-order valence-electron chi connectivity index (χ0n) is 15.2. The summed E-state index contributed by atoms with van der Waals surface area (Å²) in [7, 11) is -3.79. The van der Waals surface area contributed by atoms with Crippen molar-refractivity contribution in [3.8, 4) is 0 Å². The van der Waals surface area contributed by atoms with Gasteiger partial charge in [-0.15, -0.1) is 0 Å². The monoisotopic (exact) mass is 387 g/mol. The third-order valence-electron chi connectivity index (χ3n) is 4.30. The van der Waals surface area contributed by atoms with Crippen LogP contribution in [-0.4, -0.2) is 26.8 Å². The molecule has 7 nitrogen and oxygen atoms in total. The molecule has 0 unspecified atom stereocenters. The van der Waals surface area contributed by atoms with E-state index in [4.69, 9.17) is 0 Å². The lowest BCUT2D eigenvalue weighted by Crippen LogP contribution is -2.27. The number of nitrogens with zero attached hydrogens (tertiary/aromatic N) is 1. The lowest BCUT2D eigenvalue weighted by molar-refractivity contribution is -0.118. The average Bonchev–Trinajstić information content (AvgIpc) is 3.03. The maximum atomic E-state index is 12.7. The normalized spacial score (nSPS) is 13.2.